The van der Waals surface area contributed by atoms with Crippen LogP contribution in [0.4, 0.5) is 10.1 Å². The molecule has 1 atom stereocenters. The Morgan fingerprint density at radius 1 is 1.35 bits per heavy atom. The van der Waals surface area contributed by atoms with Crippen LogP contribution < -0.4 is 10.6 Å². The number of hydrogen-bond acceptors (Lipinski definition) is 2. The number of halogens is 1. The summed E-state index contributed by atoms with van der Waals surface area (Å²) in [7, 11) is 0. The lowest BCUT2D eigenvalue weighted by molar-refractivity contribution is -0.118. The molecule has 0 radical (unpaired) electrons. The molecule has 2 rings (SSSR count). The molecule has 2 N–H and O–H groups in total. The van der Waals surface area contributed by atoms with Crippen LogP contribution in [0, 0.1) is 5.82 Å². The van der Waals surface area contributed by atoms with Crippen LogP contribution in [0.25, 0.3) is 0 Å². The highest BCUT2D eigenvalue weighted by atomic mass is 19.1. The summed E-state index contributed by atoms with van der Waals surface area (Å²) in [6.45, 7) is 0.876. The molecule has 0 saturated carbocycles. The van der Waals surface area contributed by atoms with Crippen molar-refractivity contribution >= 4 is 11.6 Å². The quantitative estimate of drug-likeness (QED) is 0.827. The van der Waals surface area contributed by atoms with Crippen molar-refractivity contribution in [2.24, 2.45) is 0 Å². The SMILES string of the molecule is O=C(Nc1cccc(F)c1)C1CCCCCN1. The van der Waals surface area contributed by atoms with Gasteiger partial charge in [0.2, 0.25) is 5.91 Å². The normalized spacial score (nSPS) is 20.6. The highest BCUT2D eigenvalue weighted by Gasteiger charge is 2.19. The van der Waals surface area contributed by atoms with Gasteiger partial charge in [-0.25, -0.2) is 4.39 Å². The van der Waals surface area contributed by atoms with Gasteiger partial charge < -0.3 is 10.6 Å². The molecule has 0 spiro atoms. The highest BCUT2D eigenvalue weighted by Crippen LogP contribution is 2.13. The van der Waals surface area contributed by atoms with Gasteiger partial charge in [0.25, 0.3) is 0 Å². The lowest BCUT2D eigenvalue weighted by Gasteiger charge is -2.15. The molecule has 3 nitrogen and oxygen atoms in total. The van der Waals surface area contributed by atoms with E-state index >= 15 is 0 Å². The van der Waals surface area contributed by atoms with Crippen LogP contribution in [0.3, 0.4) is 0 Å². The molecule has 92 valence electrons. The molecule has 1 unspecified atom stereocenters. The first kappa shape index (κ1) is 12.0. The van der Waals surface area contributed by atoms with Gasteiger partial charge in [-0.05, 0) is 37.6 Å². The molecule has 17 heavy (non-hydrogen) atoms. The van der Waals surface area contributed by atoms with Gasteiger partial charge in [-0.3, -0.25) is 4.79 Å². The Morgan fingerprint density at radius 2 is 2.24 bits per heavy atom. The van der Waals surface area contributed by atoms with E-state index in [1.807, 2.05) is 0 Å². The third-order valence-electron chi connectivity index (χ3n) is 2.97. The van der Waals surface area contributed by atoms with E-state index in [2.05, 4.69) is 10.6 Å². The van der Waals surface area contributed by atoms with Gasteiger partial charge in [0, 0.05) is 5.69 Å². The fraction of sp³-hybridized carbons (Fsp3) is 0.462. The van der Waals surface area contributed by atoms with Gasteiger partial charge in [-0.1, -0.05) is 18.9 Å². The van der Waals surface area contributed by atoms with Gasteiger partial charge in [0.15, 0.2) is 0 Å². The first-order chi connectivity index (χ1) is 8.25. The summed E-state index contributed by atoms with van der Waals surface area (Å²) in [5.41, 5.74) is 0.515. The maximum Gasteiger partial charge on any atom is 0.241 e. The van der Waals surface area contributed by atoms with E-state index in [0.717, 1.165) is 32.2 Å². The first-order valence-electron chi connectivity index (χ1n) is 6.05. The van der Waals surface area contributed by atoms with Crippen molar-refractivity contribution in [2.75, 3.05) is 11.9 Å². The minimum absolute atomic E-state index is 0.0718. The molecule has 1 aliphatic rings. The molecular formula is C13H17FN2O. The first-order valence-corrected chi connectivity index (χ1v) is 6.05. The molecular weight excluding hydrogens is 219 g/mol. The number of anilines is 1. The minimum Gasteiger partial charge on any atom is -0.325 e. The summed E-state index contributed by atoms with van der Waals surface area (Å²) >= 11 is 0. The van der Waals surface area contributed by atoms with Crippen LogP contribution in [-0.4, -0.2) is 18.5 Å². The van der Waals surface area contributed by atoms with E-state index in [0.29, 0.717) is 5.69 Å². The summed E-state index contributed by atoms with van der Waals surface area (Å²) in [5.74, 6) is -0.408. The van der Waals surface area contributed by atoms with Crippen LogP contribution >= 0.6 is 0 Å². The van der Waals surface area contributed by atoms with Crippen molar-refractivity contribution in [2.45, 2.75) is 31.7 Å². The number of carbonyl (C=O) groups is 1. The topological polar surface area (TPSA) is 41.1 Å². The Labute approximate surface area is 100 Å². The Bertz CT molecular complexity index is 387. The second-order valence-electron chi connectivity index (χ2n) is 4.36. The molecule has 1 fully saturated rings. The van der Waals surface area contributed by atoms with Crippen LogP contribution in [0.1, 0.15) is 25.7 Å². The summed E-state index contributed by atoms with van der Waals surface area (Å²) in [6.07, 6.45) is 4.19. The molecule has 0 aliphatic carbocycles. The second-order valence-corrected chi connectivity index (χ2v) is 4.36. The average Bonchev–Trinajstić information content (AvgIpc) is 2.57. The molecule has 1 amide bonds. The molecule has 1 aliphatic heterocycles. The van der Waals surface area contributed by atoms with Crippen molar-refractivity contribution in [3.63, 3.8) is 0 Å². The fourth-order valence-electron chi connectivity index (χ4n) is 2.05. The Hall–Kier alpha value is -1.42. The molecule has 1 heterocycles. The molecule has 1 aromatic carbocycles. The minimum atomic E-state index is -0.336. The highest BCUT2D eigenvalue weighted by molar-refractivity contribution is 5.94. The maximum absolute atomic E-state index is 13.0. The predicted molar refractivity (Wildman–Crippen MR) is 65.3 cm³/mol. The van der Waals surface area contributed by atoms with Gasteiger partial charge in [0.1, 0.15) is 5.82 Å². The largest absolute Gasteiger partial charge is 0.325 e. The third-order valence-corrected chi connectivity index (χ3v) is 2.97. The molecule has 4 heteroatoms. The monoisotopic (exact) mass is 236 g/mol. The van der Waals surface area contributed by atoms with Crippen LogP contribution in [0.2, 0.25) is 0 Å². The Morgan fingerprint density at radius 3 is 3.06 bits per heavy atom. The van der Waals surface area contributed by atoms with Gasteiger partial charge >= 0.3 is 0 Å². The fourth-order valence-corrected chi connectivity index (χ4v) is 2.05. The Kier molecular flexibility index (Phi) is 4.09. The van der Waals surface area contributed by atoms with E-state index < -0.39 is 0 Å². The van der Waals surface area contributed by atoms with Crippen molar-refractivity contribution in [3.05, 3.63) is 30.1 Å². The maximum atomic E-state index is 13.0. The number of carbonyl (C=O) groups excluding carboxylic acids is 1. The van der Waals surface area contributed by atoms with Gasteiger partial charge in [-0.15, -0.1) is 0 Å². The zero-order chi connectivity index (χ0) is 12.1. The third kappa shape index (κ3) is 3.53. The molecule has 0 aromatic heterocycles. The summed E-state index contributed by atoms with van der Waals surface area (Å²) in [5, 5.41) is 5.95. The van der Waals surface area contributed by atoms with Gasteiger partial charge in [0.05, 0.1) is 6.04 Å². The van der Waals surface area contributed by atoms with Crippen LogP contribution in [-0.2, 0) is 4.79 Å². The second kappa shape index (κ2) is 5.77. The van der Waals surface area contributed by atoms with E-state index in [-0.39, 0.29) is 17.8 Å². The van der Waals surface area contributed by atoms with Crippen LogP contribution in [0.15, 0.2) is 24.3 Å². The summed E-state index contributed by atoms with van der Waals surface area (Å²) < 4.78 is 13.0. The lowest BCUT2D eigenvalue weighted by Crippen LogP contribution is -2.39. The number of benzene rings is 1. The summed E-state index contributed by atoms with van der Waals surface area (Å²) in [4.78, 5) is 11.9. The zero-order valence-electron chi connectivity index (χ0n) is 9.71. The smallest absolute Gasteiger partial charge is 0.241 e. The van der Waals surface area contributed by atoms with Crippen LogP contribution in [0.5, 0.6) is 0 Å². The number of hydrogen-bond donors (Lipinski definition) is 2. The number of nitrogens with one attached hydrogen (secondary N) is 2. The van der Waals surface area contributed by atoms with E-state index in [9.17, 15) is 9.18 Å². The zero-order valence-corrected chi connectivity index (χ0v) is 9.71. The lowest BCUT2D eigenvalue weighted by atomic mass is 10.1. The van der Waals surface area contributed by atoms with Gasteiger partial charge in [-0.2, -0.15) is 0 Å². The van der Waals surface area contributed by atoms with Crippen molar-refractivity contribution in [1.82, 2.24) is 5.32 Å². The van der Waals surface area contributed by atoms with E-state index in [1.165, 1.54) is 12.1 Å². The number of rotatable bonds is 2. The molecule has 1 aromatic rings. The van der Waals surface area contributed by atoms with E-state index in [4.69, 9.17) is 0 Å². The molecule has 1 saturated heterocycles. The van der Waals surface area contributed by atoms with Crippen molar-refractivity contribution in [3.8, 4) is 0 Å². The van der Waals surface area contributed by atoms with Crippen molar-refractivity contribution < 1.29 is 9.18 Å². The predicted octanol–water partition coefficient (Wildman–Crippen LogP) is 2.30. The average molecular weight is 236 g/mol. The Balaban J connectivity index is 1.95. The van der Waals surface area contributed by atoms with Crippen molar-refractivity contribution in [1.29, 1.82) is 0 Å². The standard InChI is InChI=1S/C13H17FN2O/c14-10-5-4-6-11(9-10)16-13(17)12-7-2-1-3-8-15-12/h4-6,9,12,15H,1-3,7-8H2,(H,16,17). The van der Waals surface area contributed by atoms with E-state index in [1.54, 1.807) is 12.1 Å². The number of amides is 1. The molecule has 0 bridgehead atoms. The summed E-state index contributed by atoms with van der Waals surface area (Å²) in [6, 6.07) is 5.82.